The normalized spacial score (nSPS) is 12.4. The number of thioether (sulfide) groups is 1. The van der Waals surface area contributed by atoms with Gasteiger partial charge in [0.15, 0.2) is 0 Å². The first kappa shape index (κ1) is 31.2. The summed E-state index contributed by atoms with van der Waals surface area (Å²) in [6.45, 7) is 9.03. The lowest BCUT2D eigenvalue weighted by molar-refractivity contribution is -0.139. The number of nitrogens with one attached hydrogen (secondary N) is 1. The molecule has 3 rings (SSSR count). The molecule has 0 aliphatic heterocycles. The van der Waals surface area contributed by atoms with E-state index in [2.05, 4.69) is 5.32 Å². The fraction of sp³-hybridized carbons (Fsp3) is 0.355. The maximum absolute atomic E-state index is 13.9. The van der Waals surface area contributed by atoms with Crippen molar-refractivity contribution in [3.8, 4) is 0 Å². The van der Waals surface area contributed by atoms with Crippen LogP contribution in [0.1, 0.15) is 38.8 Å². The Balaban J connectivity index is 1.98. The maximum atomic E-state index is 13.9. The zero-order valence-electron chi connectivity index (χ0n) is 24.0. The first-order valence-corrected chi connectivity index (χ1v) is 15.9. The molecule has 0 saturated heterocycles. The van der Waals surface area contributed by atoms with Gasteiger partial charge < -0.3 is 10.2 Å². The number of sulfonamides is 1. The van der Waals surface area contributed by atoms with Crippen LogP contribution in [0.5, 0.6) is 0 Å². The number of carbonyl (C=O) groups excluding carboxylic acids is 2. The highest BCUT2D eigenvalue weighted by Crippen LogP contribution is 2.26. The SMILES string of the molecule is CSc1ccc(S(=O)(=O)N(CC(=O)N(CCc2ccccc2)C(C)C(=O)NC(C)(C)C)c2ccc(C)cc2)cc1. The molecule has 0 fully saturated rings. The van der Waals surface area contributed by atoms with Crippen LogP contribution in [0.3, 0.4) is 0 Å². The molecule has 1 atom stereocenters. The van der Waals surface area contributed by atoms with Crippen molar-refractivity contribution in [2.24, 2.45) is 0 Å². The van der Waals surface area contributed by atoms with Crippen LogP contribution < -0.4 is 9.62 Å². The molecule has 0 aliphatic carbocycles. The van der Waals surface area contributed by atoms with E-state index in [-0.39, 0.29) is 17.3 Å². The van der Waals surface area contributed by atoms with E-state index in [4.69, 9.17) is 0 Å². The summed E-state index contributed by atoms with van der Waals surface area (Å²) in [5.74, 6) is -0.760. The van der Waals surface area contributed by atoms with Gasteiger partial charge in [-0.3, -0.25) is 13.9 Å². The van der Waals surface area contributed by atoms with Gasteiger partial charge in [0.05, 0.1) is 10.6 Å². The molecule has 214 valence electrons. The van der Waals surface area contributed by atoms with Crippen LogP contribution in [0, 0.1) is 6.92 Å². The zero-order valence-corrected chi connectivity index (χ0v) is 25.7. The number of hydrogen-bond donors (Lipinski definition) is 1. The van der Waals surface area contributed by atoms with Crippen molar-refractivity contribution in [2.75, 3.05) is 23.7 Å². The minimum absolute atomic E-state index is 0.0908. The molecule has 3 aromatic carbocycles. The van der Waals surface area contributed by atoms with Gasteiger partial charge in [0, 0.05) is 17.0 Å². The summed E-state index contributed by atoms with van der Waals surface area (Å²) in [4.78, 5) is 29.6. The highest BCUT2D eigenvalue weighted by Gasteiger charge is 2.33. The average Bonchev–Trinajstić information content (AvgIpc) is 2.92. The van der Waals surface area contributed by atoms with Crippen molar-refractivity contribution >= 4 is 39.3 Å². The molecule has 9 heteroatoms. The van der Waals surface area contributed by atoms with E-state index < -0.39 is 34.1 Å². The number of benzene rings is 3. The molecule has 0 radical (unpaired) electrons. The largest absolute Gasteiger partial charge is 0.350 e. The van der Waals surface area contributed by atoms with Gasteiger partial charge in [-0.2, -0.15) is 0 Å². The fourth-order valence-electron chi connectivity index (χ4n) is 4.16. The Morgan fingerprint density at radius 2 is 1.52 bits per heavy atom. The van der Waals surface area contributed by atoms with Crippen molar-refractivity contribution < 1.29 is 18.0 Å². The monoisotopic (exact) mass is 581 g/mol. The molecule has 0 bridgehead atoms. The quantitative estimate of drug-likeness (QED) is 0.311. The molecule has 1 unspecified atom stereocenters. The summed E-state index contributed by atoms with van der Waals surface area (Å²) < 4.78 is 29.0. The smallest absolute Gasteiger partial charge is 0.264 e. The van der Waals surface area contributed by atoms with Crippen LogP contribution in [-0.2, 0) is 26.0 Å². The summed E-state index contributed by atoms with van der Waals surface area (Å²) in [6, 6.07) is 22.5. The molecule has 0 saturated carbocycles. The molecule has 0 spiro atoms. The first-order chi connectivity index (χ1) is 18.8. The van der Waals surface area contributed by atoms with Crippen LogP contribution in [0.4, 0.5) is 5.69 Å². The summed E-state index contributed by atoms with van der Waals surface area (Å²) >= 11 is 1.52. The van der Waals surface area contributed by atoms with Gasteiger partial charge in [-0.15, -0.1) is 11.8 Å². The molecule has 0 heterocycles. The maximum Gasteiger partial charge on any atom is 0.264 e. The van der Waals surface area contributed by atoms with E-state index in [1.165, 1.54) is 16.7 Å². The lowest BCUT2D eigenvalue weighted by Gasteiger charge is -2.33. The van der Waals surface area contributed by atoms with Gasteiger partial charge in [0.1, 0.15) is 12.6 Å². The Kier molecular flexibility index (Phi) is 10.4. The second-order valence-electron chi connectivity index (χ2n) is 10.8. The van der Waals surface area contributed by atoms with Gasteiger partial charge in [-0.05, 0) is 89.3 Å². The van der Waals surface area contributed by atoms with Gasteiger partial charge in [-0.25, -0.2) is 8.42 Å². The van der Waals surface area contributed by atoms with Gasteiger partial charge >= 0.3 is 0 Å². The molecule has 40 heavy (non-hydrogen) atoms. The number of aryl methyl sites for hydroxylation is 1. The first-order valence-electron chi connectivity index (χ1n) is 13.2. The van der Waals surface area contributed by atoms with E-state index in [9.17, 15) is 18.0 Å². The minimum atomic E-state index is -4.09. The molecular formula is C31H39N3O4S2. The Hall–Kier alpha value is -3.30. The van der Waals surface area contributed by atoms with E-state index in [0.717, 1.165) is 20.3 Å². The van der Waals surface area contributed by atoms with E-state index in [1.54, 1.807) is 43.3 Å². The predicted octanol–water partition coefficient (Wildman–Crippen LogP) is 5.29. The summed E-state index contributed by atoms with van der Waals surface area (Å²) in [6.07, 6.45) is 2.44. The molecule has 2 amide bonds. The van der Waals surface area contributed by atoms with E-state index in [1.807, 2.05) is 76.4 Å². The topological polar surface area (TPSA) is 86.8 Å². The molecule has 0 aliphatic rings. The van der Waals surface area contributed by atoms with Crippen molar-refractivity contribution in [2.45, 2.75) is 62.4 Å². The van der Waals surface area contributed by atoms with Crippen LogP contribution in [0.2, 0.25) is 0 Å². The third-order valence-electron chi connectivity index (χ3n) is 6.40. The van der Waals surface area contributed by atoms with Crippen LogP contribution >= 0.6 is 11.8 Å². The van der Waals surface area contributed by atoms with Gasteiger partial charge in [-0.1, -0.05) is 48.0 Å². The Morgan fingerprint density at radius 1 is 0.925 bits per heavy atom. The second kappa shape index (κ2) is 13.4. The van der Waals surface area contributed by atoms with Crippen LogP contribution in [-0.4, -0.2) is 56.1 Å². The van der Waals surface area contributed by atoms with E-state index >= 15 is 0 Å². The molecule has 1 N–H and O–H groups in total. The fourth-order valence-corrected chi connectivity index (χ4v) is 5.98. The summed E-state index contributed by atoms with van der Waals surface area (Å²) in [7, 11) is -4.09. The van der Waals surface area contributed by atoms with Crippen molar-refractivity contribution in [3.05, 3.63) is 90.0 Å². The molecule has 3 aromatic rings. The Morgan fingerprint density at radius 3 is 2.08 bits per heavy atom. The summed E-state index contributed by atoms with van der Waals surface area (Å²) in [5, 5.41) is 2.94. The third-order valence-corrected chi connectivity index (χ3v) is 8.93. The van der Waals surface area contributed by atoms with Crippen molar-refractivity contribution in [1.29, 1.82) is 0 Å². The number of nitrogens with zero attached hydrogens (tertiary/aromatic N) is 2. The van der Waals surface area contributed by atoms with Crippen molar-refractivity contribution in [3.63, 3.8) is 0 Å². The molecule has 7 nitrogen and oxygen atoms in total. The Labute approximate surface area is 243 Å². The van der Waals surface area contributed by atoms with Crippen LogP contribution in [0.25, 0.3) is 0 Å². The number of anilines is 1. The number of hydrogen-bond acceptors (Lipinski definition) is 5. The number of rotatable bonds is 11. The van der Waals surface area contributed by atoms with Crippen molar-refractivity contribution in [1.82, 2.24) is 10.2 Å². The van der Waals surface area contributed by atoms with Gasteiger partial charge in [0.25, 0.3) is 10.0 Å². The lowest BCUT2D eigenvalue weighted by atomic mass is 10.1. The highest BCUT2D eigenvalue weighted by atomic mass is 32.2. The van der Waals surface area contributed by atoms with E-state index in [0.29, 0.717) is 12.1 Å². The standard InChI is InChI=1S/C31H39N3O4S2/c1-23-12-14-26(15-13-23)34(40(37,38)28-18-16-27(39-6)17-19-28)22-29(35)33(21-20-25-10-8-7-9-11-25)24(2)30(36)32-31(3,4)5/h7-19,24H,20-22H2,1-6H3,(H,32,36). The molecular weight excluding hydrogens is 542 g/mol. The zero-order chi connectivity index (χ0) is 29.5. The average molecular weight is 582 g/mol. The second-order valence-corrected chi connectivity index (χ2v) is 13.5. The minimum Gasteiger partial charge on any atom is -0.350 e. The lowest BCUT2D eigenvalue weighted by Crippen LogP contribution is -2.55. The summed E-state index contributed by atoms with van der Waals surface area (Å²) in [5.41, 5.74) is 1.87. The van der Waals surface area contributed by atoms with Crippen LogP contribution in [0.15, 0.2) is 88.7 Å². The number of amides is 2. The Bertz CT molecular complexity index is 1390. The molecule has 0 aromatic heterocycles. The predicted molar refractivity (Wildman–Crippen MR) is 163 cm³/mol. The third kappa shape index (κ3) is 8.35. The van der Waals surface area contributed by atoms with Gasteiger partial charge in [0.2, 0.25) is 11.8 Å². The number of carbonyl (C=O) groups is 2. The highest BCUT2D eigenvalue weighted by molar-refractivity contribution is 7.98.